The fourth-order valence-corrected chi connectivity index (χ4v) is 2.35. The lowest BCUT2D eigenvalue weighted by atomic mass is 9.92. The lowest BCUT2D eigenvalue weighted by Gasteiger charge is -2.21. The van der Waals surface area contributed by atoms with Crippen LogP contribution in [-0.2, 0) is 4.79 Å². The fraction of sp³-hybridized carbons (Fsp3) is 0.588. The summed E-state index contributed by atoms with van der Waals surface area (Å²) >= 11 is 0. The average Bonchev–Trinajstić information content (AvgIpc) is 2.38. The maximum atomic E-state index is 12.2. The minimum Gasteiger partial charge on any atom is -0.324 e. The smallest absolute Gasteiger partial charge is 0.241 e. The molecule has 3 nitrogen and oxygen atoms in total. The number of rotatable bonds is 6. The van der Waals surface area contributed by atoms with Gasteiger partial charge in [0.2, 0.25) is 5.91 Å². The van der Waals surface area contributed by atoms with Gasteiger partial charge >= 0.3 is 0 Å². The molecule has 3 heteroatoms. The SMILES string of the molecule is CCCC(N)C(=O)Nc1c(C(C)C)cccc1C(C)C. The first-order valence-electron chi connectivity index (χ1n) is 7.57. The van der Waals surface area contributed by atoms with E-state index in [2.05, 4.69) is 51.2 Å². The van der Waals surface area contributed by atoms with Crippen LogP contribution in [0.25, 0.3) is 0 Å². The number of hydrogen-bond donors (Lipinski definition) is 2. The molecule has 1 amide bonds. The van der Waals surface area contributed by atoms with Crippen LogP contribution in [-0.4, -0.2) is 11.9 Å². The van der Waals surface area contributed by atoms with Crippen LogP contribution in [0.5, 0.6) is 0 Å². The zero-order chi connectivity index (χ0) is 15.3. The Hall–Kier alpha value is -1.35. The molecule has 1 aromatic carbocycles. The van der Waals surface area contributed by atoms with E-state index < -0.39 is 6.04 Å². The molecule has 0 saturated heterocycles. The number of para-hydroxylation sites is 1. The van der Waals surface area contributed by atoms with E-state index in [0.717, 1.165) is 12.1 Å². The van der Waals surface area contributed by atoms with E-state index in [-0.39, 0.29) is 5.91 Å². The van der Waals surface area contributed by atoms with Gasteiger partial charge < -0.3 is 11.1 Å². The summed E-state index contributed by atoms with van der Waals surface area (Å²) in [6.45, 7) is 10.6. The zero-order valence-electron chi connectivity index (χ0n) is 13.4. The van der Waals surface area contributed by atoms with Crippen molar-refractivity contribution in [3.8, 4) is 0 Å². The van der Waals surface area contributed by atoms with Gasteiger partial charge in [0.1, 0.15) is 0 Å². The Morgan fingerprint density at radius 3 is 2.05 bits per heavy atom. The molecule has 0 heterocycles. The van der Waals surface area contributed by atoms with E-state index in [9.17, 15) is 4.79 Å². The number of carbonyl (C=O) groups excluding carboxylic acids is 1. The number of nitrogens with two attached hydrogens (primary N) is 1. The van der Waals surface area contributed by atoms with Gasteiger partial charge in [-0.2, -0.15) is 0 Å². The normalized spacial score (nSPS) is 12.8. The van der Waals surface area contributed by atoms with Crippen LogP contribution in [0.4, 0.5) is 5.69 Å². The van der Waals surface area contributed by atoms with Crippen LogP contribution in [0.1, 0.15) is 70.4 Å². The molecule has 0 fully saturated rings. The highest BCUT2D eigenvalue weighted by Gasteiger charge is 2.18. The molecule has 3 N–H and O–H groups in total. The Labute approximate surface area is 122 Å². The summed E-state index contributed by atoms with van der Waals surface area (Å²) in [7, 11) is 0. The van der Waals surface area contributed by atoms with Crippen LogP contribution < -0.4 is 11.1 Å². The number of hydrogen-bond acceptors (Lipinski definition) is 2. The van der Waals surface area contributed by atoms with Crippen molar-refractivity contribution in [3.63, 3.8) is 0 Å². The fourth-order valence-electron chi connectivity index (χ4n) is 2.35. The largest absolute Gasteiger partial charge is 0.324 e. The first kappa shape index (κ1) is 16.7. The molecule has 112 valence electrons. The van der Waals surface area contributed by atoms with Gasteiger partial charge in [-0.1, -0.05) is 59.2 Å². The summed E-state index contributed by atoms with van der Waals surface area (Å²) in [6.07, 6.45) is 1.63. The molecule has 0 bridgehead atoms. The van der Waals surface area contributed by atoms with Gasteiger partial charge in [0.25, 0.3) is 0 Å². The summed E-state index contributed by atoms with van der Waals surface area (Å²) in [5, 5.41) is 3.06. The van der Waals surface area contributed by atoms with Crippen molar-refractivity contribution in [1.82, 2.24) is 0 Å². The molecule has 0 radical (unpaired) electrons. The third-order valence-electron chi connectivity index (χ3n) is 3.56. The third-order valence-corrected chi connectivity index (χ3v) is 3.56. The van der Waals surface area contributed by atoms with Gasteiger partial charge in [-0.05, 0) is 29.4 Å². The quantitative estimate of drug-likeness (QED) is 0.825. The van der Waals surface area contributed by atoms with Gasteiger partial charge in [0.15, 0.2) is 0 Å². The number of nitrogens with one attached hydrogen (secondary N) is 1. The van der Waals surface area contributed by atoms with Crippen molar-refractivity contribution in [2.24, 2.45) is 5.73 Å². The minimum absolute atomic E-state index is 0.0816. The average molecular weight is 276 g/mol. The van der Waals surface area contributed by atoms with E-state index in [0.29, 0.717) is 18.3 Å². The van der Waals surface area contributed by atoms with E-state index in [1.54, 1.807) is 0 Å². The number of anilines is 1. The van der Waals surface area contributed by atoms with E-state index >= 15 is 0 Å². The molecule has 0 saturated carbocycles. The second-order valence-corrected chi connectivity index (χ2v) is 6.01. The molecule has 0 aliphatic carbocycles. The highest BCUT2D eigenvalue weighted by atomic mass is 16.2. The lowest BCUT2D eigenvalue weighted by molar-refractivity contribution is -0.117. The monoisotopic (exact) mass is 276 g/mol. The molecule has 1 atom stereocenters. The van der Waals surface area contributed by atoms with Crippen molar-refractivity contribution in [1.29, 1.82) is 0 Å². The number of benzene rings is 1. The van der Waals surface area contributed by atoms with Crippen molar-refractivity contribution >= 4 is 11.6 Å². The zero-order valence-corrected chi connectivity index (χ0v) is 13.4. The van der Waals surface area contributed by atoms with E-state index in [4.69, 9.17) is 5.73 Å². The first-order valence-corrected chi connectivity index (χ1v) is 7.57. The number of carbonyl (C=O) groups is 1. The van der Waals surface area contributed by atoms with Crippen molar-refractivity contribution in [2.75, 3.05) is 5.32 Å². The standard InChI is InChI=1S/C17H28N2O/c1-6-8-15(18)17(20)19-16-13(11(2)3)9-7-10-14(16)12(4)5/h7,9-12,15H,6,8,18H2,1-5H3,(H,19,20). The minimum atomic E-state index is -0.430. The maximum absolute atomic E-state index is 12.2. The molecule has 0 aliphatic heterocycles. The van der Waals surface area contributed by atoms with Crippen molar-refractivity contribution in [2.45, 2.75) is 65.3 Å². The van der Waals surface area contributed by atoms with Crippen molar-refractivity contribution < 1.29 is 4.79 Å². The highest BCUT2D eigenvalue weighted by molar-refractivity contribution is 5.96. The summed E-state index contributed by atoms with van der Waals surface area (Å²) < 4.78 is 0. The predicted molar refractivity (Wildman–Crippen MR) is 86.1 cm³/mol. The van der Waals surface area contributed by atoms with Crippen LogP contribution in [0, 0.1) is 0 Å². The lowest BCUT2D eigenvalue weighted by Crippen LogP contribution is -2.36. The number of amides is 1. The molecule has 1 unspecified atom stereocenters. The molecular weight excluding hydrogens is 248 g/mol. The summed E-state index contributed by atoms with van der Waals surface area (Å²) in [5.41, 5.74) is 9.22. The highest BCUT2D eigenvalue weighted by Crippen LogP contribution is 2.32. The second-order valence-electron chi connectivity index (χ2n) is 6.01. The Bertz CT molecular complexity index is 426. The molecule has 0 aromatic heterocycles. The summed E-state index contributed by atoms with van der Waals surface area (Å²) in [5.74, 6) is 0.652. The molecule has 0 spiro atoms. The molecular formula is C17H28N2O. The Morgan fingerprint density at radius 1 is 1.15 bits per heavy atom. The van der Waals surface area contributed by atoms with Crippen LogP contribution in [0.15, 0.2) is 18.2 Å². The van der Waals surface area contributed by atoms with Gasteiger partial charge in [0.05, 0.1) is 6.04 Å². The molecule has 20 heavy (non-hydrogen) atoms. The molecule has 1 aromatic rings. The van der Waals surface area contributed by atoms with Gasteiger partial charge in [-0.15, -0.1) is 0 Å². The van der Waals surface area contributed by atoms with Crippen LogP contribution in [0.3, 0.4) is 0 Å². The Morgan fingerprint density at radius 2 is 1.65 bits per heavy atom. The molecule has 1 rings (SSSR count). The van der Waals surface area contributed by atoms with Gasteiger partial charge in [0, 0.05) is 5.69 Å². The third kappa shape index (κ3) is 4.07. The Balaban J connectivity index is 3.11. The van der Waals surface area contributed by atoms with Crippen LogP contribution >= 0.6 is 0 Å². The summed E-state index contributed by atoms with van der Waals surface area (Å²) in [6, 6.07) is 5.79. The maximum Gasteiger partial charge on any atom is 0.241 e. The summed E-state index contributed by atoms with van der Waals surface area (Å²) in [4.78, 5) is 12.2. The first-order chi connectivity index (χ1) is 9.38. The van der Waals surface area contributed by atoms with Gasteiger partial charge in [-0.25, -0.2) is 0 Å². The Kier molecular flexibility index (Phi) is 6.21. The van der Waals surface area contributed by atoms with Crippen LogP contribution in [0.2, 0.25) is 0 Å². The van der Waals surface area contributed by atoms with E-state index in [1.165, 1.54) is 11.1 Å². The van der Waals surface area contributed by atoms with Crippen molar-refractivity contribution in [3.05, 3.63) is 29.3 Å². The topological polar surface area (TPSA) is 55.1 Å². The second kappa shape index (κ2) is 7.44. The van der Waals surface area contributed by atoms with Gasteiger partial charge in [-0.3, -0.25) is 4.79 Å². The predicted octanol–water partition coefficient (Wildman–Crippen LogP) is 4.00. The van der Waals surface area contributed by atoms with E-state index in [1.807, 2.05) is 6.92 Å². The molecule has 0 aliphatic rings.